The maximum atomic E-state index is 13.7. The van der Waals surface area contributed by atoms with E-state index in [9.17, 15) is 9.18 Å². The summed E-state index contributed by atoms with van der Waals surface area (Å²) in [5.74, 6) is -0.596. The molecule has 2 rings (SSSR count). The fraction of sp³-hybridized carbons (Fsp3) is 0.235. The Morgan fingerprint density at radius 1 is 1.27 bits per heavy atom. The van der Waals surface area contributed by atoms with E-state index >= 15 is 0 Å². The molecule has 112 valence electrons. The molecule has 0 N–H and O–H groups in total. The Balaban J connectivity index is 2.09. The highest BCUT2D eigenvalue weighted by Gasteiger charge is 2.16. The average molecular weight is 297 g/mol. The maximum Gasteiger partial charge on any atom is 0.227 e. The van der Waals surface area contributed by atoms with Crippen LogP contribution in [0.3, 0.4) is 0 Å². The van der Waals surface area contributed by atoms with Crippen molar-refractivity contribution in [2.75, 3.05) is 6.54 Å². The number of carbonyl (C=O) groups excluding carboxylic acids is 1. The SMILES string of the molecule is N#CCCN(Cc1cccnc1)C(=O)Cc1ccccc1F. The largest absolute Gasteiger partial charge is 0.337 e. The lowest BCUT2D eigenvalue weighted by atomic mass is 10.1. The molecule has 0 atom stereocenters. The van der Waals surface area contributed by atoms with Crippen LogP contribution < -0.4 is 0 Å². The molecule has 0 aliphatic heterocycles. The number of amides is 1. The number of nitriles is 1. The Kier molecular flexibility index (Phi) is 5.61. The Morgan fingerprint density at radius 2 is 2.09 bits per heavy atom. The quantitative estimate of drug-likeness (QED) is 0.823. The standard InChI is InChI=1S/C17H16FN3O/c18-16-7-2-1-6-15(16)11-17(22)21(10-4-8-19)13-14-5-3-9-20-12-14/h1-3,5-7,9,12H,4,10-11,13H2. The van der Waals surface area contributed by atoms with Crippen LogP contribution in [0.4, 0.5) is 4.39 Å². The van der Waals surface area contributed by atoms with E-state index in [1.54, 1.807) is 41.6 Å². The van der Waals surface area contributed by atoms with E-state index in [2.05, 4.69) is 4.98 Å². The first-order valence-electron chi connectivity index (χ1n) is 6.97. The molecular weight excluding hydrogens is 281 g/mol. The summed E-state index contributed by atoms with van der Waals surface area (Å²) >= 11 is 0. The Morgan fingerprint density at radius 3 is 2.77 bits per heavy atom. The van der Waals surface area contributed by atoms with Crippen LogP contribution in [0, 0.1) is 17.1 Å². The van der Waals surface area contributed by atoms with E-state index in [1.165, 1.54) is 6.07 Å². The number of hydrogen-bond acceptors (Lipinski definition) is 3. The van der Waals surface area contributed by atoms with Crippen molar-refractivity contribution in [3.8, 4) is 6.07 Å². The molecule has 5 heteroatoms. The van der Waals surface area contributed by atoms with Crippen LogP contribution in [0.5, 0.6) is 0 Å². The van der Waals surface area contributed by atoms with Crippen LogP contribution in [0.25, 0.3) is 0 Å². The number of pyridine rings is 1. The normalized spacial score (nSPS) is 10.0. The smallest absolute Gasteiger partial charge is 0.227 e. The van der Waals surface area contributed by atoms with Gasteiger partial charge in [0.15, 0.2) is 0 Å². The molecule has 1 heterocycles. The predicted molar refractivity (Wildman–Crippen MR) is 80.0 cm³/mol. The molecule has 0 spiro atoms. The second-order valence-electron chi connectivity index (χ2n) is 4.85. The molecule has 0 fully saturated rings. The molecule has 0 bridgehead atoms. The molecule has 4 nitrogen and oxygen atoms in total. The monoisotopic (exact) mass is 297 g/mol. The maximum absolute atomic E-state index is 13.7. The topological polar surface area (TPSA) is 57.0 Å². The van der Waals surface area contributed by atoms with Gasteiger partial charge in [-0.05, 0) is 23.3 Å². The molecular formula is C17H16FN3O. The minimum absolute atomic E-state index is 0.0155. The molecule has 0 aliphatic carbocycles. The van der Waals surface area contributed by atoms with Gasteiger partial charge < -0.3 is 4.90 Å². The van der Waals surface area contributed by atoms with Gasteiger partial charge in [0.1, 0.15) is 5.82 Å². The summed E-state index contributed by atoms with van der Waals surface area (Å²) in [4.78, 5) is 18.0. The van der Waals surface area contributed by atoms with Gasteiger partial charge in [-0.1, -0.05) is 24.3 Å². The van der Waals surface area contributed by atoms with Gasteiger partial charge in [0.05, 0.1) is 18.9 Å². The lowest BCUT2D eigenvalue weighted by Gasteiger charge is -2.21. The highest BCUT2D eigenvalue weighted by Crippen LogP contribution is 2.11. The van der Waals surface area contributed by atoms with Crippen LogP contribution in [-0.2, 0) is 17.8 Å². The van der Waals surface area contributed by atoms with Crippen molar-refractivity contribution in [2.45, 2.75) is 19.4 Å². The fourth-order valence-electron chi connectivity index (χ4n) is 2.11. The molecule has 0 saturated carbocycles. The molecule has 22 heavy (non-hydrogen) atoms. The first-order valence-corrected chi connectivity index (χ1v) is 6.97. The van der Waals surface area contributed by atoms with Crippen molar-refractivity contribution in [1.29, 1.82) is 5.26 Å². The zero-order valence-electron chi connectivity index (χ0n) is 12.1. The second-order valence-corrected chi connectivity index (χ2v) is 4.85. The summed E-state index contributed by atoms with van der Waals surface area (Å²) < 4.78 is 13.7. The molecule has 1 amide bonds. The van der Waals surface area contributed by atoms with Gasteiger partial charge in [-0.15, -0.1) is 0 Å². The summed E-state index contributed by atoms with van der Waals surface area (Å²) in [5.41, 5.74) is 1.24. The minimum atomic E-state index is -0.391. The van der Waals surface area contributed by atoms with E-state index in [4.69, 9.17) is 5.26 Å². The Labute approximate surface area is 128 Å². The van der Waals surface area contributed by atoms with E-state index in [-0.39, 0.29) is 18.7 Å². The summed E-state index contributed by atoms with van der Waals surface area (Å²) in [6, 6.07) is 11.9. The van der Waals surface area contributed by atoms with Crippen molar-refractivity contribution < 1.29 is 9.18 Å². The summed E-state index contributed by atoms with van der Waals surface area (Å²) in [6.07, 6.45) is 3.56. The molecule has 0 saturated heterocycles. The Hall–Kier alpha value is -2.74. The lowest BCUT2D eigenvalue weighted by molar-refractivity contribution is -0.131. The summed E-state index contributed by atoms with van der Waals surface area (Å²) in [7, 11) is 0. The zero-order chi connectivity index (χ0) is 15.8. The summed E-state index contributed by atoms with van der Waals surface area (Å²) in [6.45, 7) is 0.682. The predicted octanol–water partition coefficient (Wildman–Crippen LogP) is 2.71. The van der Waals surface area contributed by atoms with E-state index in [1.807, 2.05) is 12.1 Å². The van der Waals surface area contributed by atoms with Crippen molar-refractivity contribution in [1.82, 2.24) is 9.88 Å². The van der Waals surface area contributed by atoms with Gasteiger partial charge in [-0.2, -0.15) is 5.26 Å². The van der Waals surface area contributed by atoms with Crippen LogP contribution in [0.2, 0.25) is 0 Å². The third kappa shape index (κ3) is 4.38. The van der Waals surface area contributed by atoms with Crippen LogP contribution in [-0.4, -0.2) is 22.3 Å². The van der Waals surface area contributed by atoms with Crippen LogP contribution in [0.1, 0.15) is 17.5 Å². The van der Waals surface area contributed by atoms with E-state index < -0.39 is 5.82 Å². The number of carbonyl (C=O) groups is 1. The average Bonchev–Trinajstić information content (AvgIpc) is 2.54. The second kappa shape index (κ2) is 7.89. The molecule has 1 aromatic heterocycles. The van der Waals surface area contributed by atoms with Gasteiger partial charge in [-0.25, -0.2) is 4.39 Å². The van der Waals surface area contributed by atoms with Crippen molar-refractivity contribution >= 4 is 5.91 Å². The molecule has 2 aromatic rings. The third-order valence-electron chi connectivity index (χ3n) is 3.24. The van der Waals surface area contributed by atoms with Crippen LogP contribution in [0.15, 0.2) is 48.8 Å². The number of hydrogen-bond donors (Lipinski definition) is 0. The third-order valence-corrected chi connectivity index (χ3v) is 3.24. The molecule has 0 radical (unpaired) electrons. The first-order chi connectivity index (χ1) is 10.7. The van der Waals surface area contributed by atoms with Gasteiger partial charge in [0, 0.05) is 25.5 Å². The molecule has 0 unspecified atom stereocenters. The fourth-order valence-corrected chi connectivity index (χ4v) is 2.11. The van der Waals surface area contributed by atoms with E-state index in [0.717, 1.165) is 5.56 Å². The molecule has 1 aromatic carbocycles. The highest BCUT2D eigenvalue weighted by molar-refractivity contribution is 5.78. The minimum Gasteiger partial charge on any atom is -0.337 e. The lowest BCUT2D eigenvalue weighted by Crippen LogP contribution is -2.33. The number of rotatable bonds is 6. The summed E-state index contributed by atoms with van der Waals surface area (Å²) in [5, 5.41) is 8.74. The van der Waals surface area contributed by atoms with Crippen LogP contribution >= 0.6 is 0 Å². The van der Waals surface area contributed by atoms with Crippen molar-refractivity contribution in [3.63, 3.8) is 0 Å². The van der Waals surface area contributed by atoms with Crippen molar-refractivity contribution in [2.24, 2.45) is 0 Å². The number of halogens is 1. The Bertz CT molecular complexity index is 667. The first kappa shape index (κ1) is 15.6. The highest BCUT2D eigenvalue weighted by atomic mass is 19.1. The van der Waals surface area contributed by atoms with Gasteiger partial charge in [0.2, 0.25) is 5.91 Å². The number of benzene rings is 1. The van der Waals surface area contributed by atoms with Crippen molar-refractivity contribution in [3.05, 3.63) is 65.7 Å². The van der Waals surface area contributed by atoms with E-state index in [0.29, 0.717) is 18.7 Å². The number of aromatic nitrogens is 1. The number of nitrogens with zero attached hydrogens (tertiary/aromatic N) is 3. The van der Waals surface area contributed by atoms with Gasteiger partial charge in [0.25, 0.3) is 0 Å². The molecule has 0 aliphatic rings. The van der Waals surface area contributed by atoms with Gasteiger partial charge in [-0.3, -0.25) is 9.78 Å². The van der Waals surface area contributed by atoms with Gasteiger partial charge >= 0.3 is 0 Å². The zero-order valence-corrected chi connectivity index (χ0v) is 12.1.